The van der Waals surface area contributed by atoms with Gasteiger partial charge >= 0.3 is 0 Å². The first-order valence-electron chi connectivity index (χ1n) is 7.56. The van der Waals surface area contributed by atoms with E-state index in [0.29, 0.717) is 6.54 Å². The summed E-state index contributed by atoms with van der Waals surface area (Å²) in [6, 6.07) is 7.74. The maximum Gasteiger partial charge on any atom is 0.180 e. The summed E-state index contributed by atoms with van der Waals surface area (Å²) in [4.78, 5) is 14.8. The van der Waals surface area contributed by atoms with E-state index in [1.165, 1.54) is 32.1 Å². The molecule has 3 nitrogen and oxygen atoms in total. The van der Waals surface area contributed by atoms with Crippen LogP contribution in [-0.4, -0.2) is 30.3 Å². The van der Waals surface area contributed by atoms with E-state index >= 15 is 0 Å². The molecule has 1 aromatic heterocycles. The van der Waals surface area contributed by atoms with Crippen molar-refractivity contribution in [2.24, 2.45) is 0 Å². The van der Waals surface area contributed by atoms with Crippen LogP contribution >= 0.6 is 0 Å². The Hall–Kier alpha value is -1.61. The van der Waals surface area contributed by atoms with Crippen LogP contribution in [0.25, 0.3) is 11.0 Å². The number of ketones is 1. The van der Waals surface area contributed by atoms with Gasteiger partial charge in [0.2, 0.25) is 0 Å². The molecule has 1 saturated heterocycles. The van der Waals surface area contributed by atoms with E-state index < -0.39 is 0 Å². The standard InChI is InChI=1S/C17H21NO2/c19-16(12-18-10-6-2-1-3-7-11-18)15-13-20-17-9-5-4-8-14(15)17/h4-5,8-9,13H,1-3,6-7,10-12H2. The molecule has 0 aliphatic carbocycles. The first-order chi connectivity index (χ1) is 9.84. The monoisotopic (exact) mass is 271 g/mol. The van der Waals surface area contributed by atoms with Gasteiger partial charge in [-0.25, -0.2) is 0 Å². The number of hydrogen-bond donors (Lipinski definition) is 0. The van der Waals surface area contributed by atoms with Gasteiger partial charge in [-0.15, -0.1) is 0 Å². The summed E-state index contributed by atoms with van der Waals surface area (Å²) in [7, 11) is 0. The van der Waals surface area contributed by atoms with Gasteiger partial charge < -0.3 is 4.42 Å². The first kappa shape index (κ1) is 13.4. The second-order valence-corrected chi connectivity index (χ2v) is 5.61. The molecule has 0 saturated carbocycles. The minimum atomic E-state index is 0.176. The number of carbonyl (C=O) groups is 1. The highest BCUT2D eigenvalue weighted by Crippen LogP contribution is 2.21. The van der Waals surface area contributed by atoms with E-state index in [0.717, 1.165) is 29.6 Å². The van der Waals surface area contributed by atoms with Gasteiger partial charge in [-0.3, -0.25) is 9.69 Å². The molecular weight excluding hydrogens is 250 g/mol. The van der Waals surface area contributed by atoms with Crippen molar-refractivity contribution in [2.75, 3.05) is 19.6 Å². The van der Waals surface area contributed by atoms with Crippen LogP contribution in [0.15, 0.2) is 34.9 Å². The van der Waals surface area contributed by atoms with Crippen LogP contribution in [0.5, 0.6) is 0 Å². The zero-order valence-electron chi connectivity index (χ0n) is 11.8. The van der Waals surface area contributed by atoms with Crippen LogP contribution in [0.2, 0.25) is 0 Å². The highest BCUT2D eigenvalue weighted by molar-refractivity contribution is 6.08. The molecule has 1 aliphatic rings. The molecule has 0 spiro atoms. The molecule has 1 aromatic carbocycles. The van der Waals surface area contributed by atoms with E-state index in [4.69, 9.17) is 4.42 Å². The number of fused-ring (bicyclic) bond motifs is 1. The van der Waals surface area contributed by atoms with Gasteiger partial charge in [-0.1, -0.05) is 37.5 Å². The quantitative estimate of drug-likeness (QED) is 0.794. The Kier molecular flexibility index (Phi) is 4.16. The number of furan rings is 1. The topological polar surface area (TPSA) is 33.5 Å². The summed E-state index contributed by atoms with van der Waals surface area (Å²) in [6.45, 7) is 2.60. The molecule has 1 fully saturated rings. The predicted octanol–water partition coefficient (Wildman–Crippen LogP) is 3.88. The molecule has 0 unspecified atom stereocenters. The molecule has 106 valence electrons. The fourth-order valence-corrected chi connectivity index (χ4v) is 2.95. The molecule has 0 N–H and O–H groups in total. The molecule has 20 heavy (non-hydrogen) atoms. The lowest BCUT2D eigenvalue weighted by Gasteiger charge is -2.23. The Morgan fingerprint density at radius 1 is 1.05 bits per heavy atom. The minimum absolute atomic E-state index is 0.176. The number of likely N-dealkylation sites (tertiary alicyclic amines) is 1. The van der Waals surface area contributed by atoms with Gasteiger partial charge in [0.25, 0.3) is 0 Å². The minimum Gasteiger partial charge on any atom is -0.464 e. The molecule has 3 rings (SSSR count). The number of hydrogen-bond acceptors (Lipinski definition) is 3. The van der Waals surface area contributed by atoms with Crippen molar-refractivity contribution in [3.63, 3.8) is 0 Å². The number of benzene rings is 1. The van der Waals surface area contributed by atoms with Gasteiger partial charge in [-0.2, -0.15) is 0 Å². The van der Waals surface area contributed by atoms with Crippen molar-refractivity contribution in [2.45, 2.75) is 32.1 Å². The van der Waals surface area contributed by atoms with Crippen LogP contribution in [0.4, 0.5) is 0 Å². The Labute approximate surface area is 119 Å². The Morgan fingerprint density at radius 2 is 1.75 bits per heavy atom. The molecule has 0 amide bonds. The van der Waals surface area contributed by atoms with E-state index in [9.17, 15) is 4.79 Å². The van der Waals surface area contributed by atoms with Crippen LogP contribution in [0, 0.1) is 0 Å². The maximum atomic E-state index is 12.5. The van der Waals surface area contributed by atoms with Crippen molar-refractivity contribution in [3.05, 3.63) is 36.1 Å². The lowest BCUT2D eigenvalue weighted by atomic mass is 10.1. The van der Waals surface area contributed by atoms with Gasteiger partial charge in [0.05, 0.1) is 12.1 Å². The van der Waals surface area contributed by atoms with E-state index in [1.807, 2.05) is 24.3 Å². The Bertz CT molecular complexity index is 579. The van der Waals surface area contributed by atoms with Crippen molar-refractivity contribution < 1.29 is 9.21 Å². The summed E-state index contributed by atoms with van der Waals surface area (Å²) in [5, 5.41) is 0.935. The van der Waals surface area contributed by atoms with Gasteiger partial charge in [0, 0.05) is 5.39 Å². The summed E-state index contributed by atoms with van der Waals surface area (Å²) < 4.78 is 5.46. The summed E-state index contributed by atoms with van der Waals surface area (Å²) in [5.41, 5.74) is 1.52. The number of para-hydroxylation sites is 1. The molecule has 3 heteroatoms. The third-order valence-electron chi connectivity index (χ3n) is 4.10. The molecule has 1 aliphatic heterocycles. The zero-order chi connectivity index (χ0) is 13.8. The summed E-state index contributed by atoms with van der Waals surface area (Å²) in [6.07, 6.45) is 7.95. The van der Waals surface area contributed by atoms with Crippen molar-refractivity contribution in [1.29, 1.82) is 0 Å². The molecule has 0 radical (unpaired) electrons. The van der Waals surface area contributed by atoms with Gasteiger partial charge in [0.1, 0.15) is 11.8 Å². The summed E-state index contributed by atoms with van der Waals surface area (Å²) >= 11 is 0. The maximum absolute atomic E-state index is 12.5. The summed E-state index contributed by atoms with van der Waals surface area (Å²) in [5.74, 6) is 0.176. The third-order valence-corrected chi connectivity index (χ3v) is 4.10. The van der Waals surface area contributed by atoms with Crippen LogP contribution in [-0.2, 0) is 0 Å². The third kappa shape index (κ3) is 2.93. The lowest BCUT2D eigenvalue weighted by Crippen LogP contribution is -2.32. The molecule has 2 heterocycles. The van der Waals surface area contributed by atoms with Crippen molar-refractivity contribution in [3.8, 4) is 0 Å². The average molecular weight is 271 g/mol. The number of nitrogens with zero attached hydrogens (tertiary/aromatic N) is 1. The van der Waals surface area contributed by atoms with Crippen molar-refractivity contribution in [1.82, 2.24) is 4.90 Å². The number of Topliss-reactive ketones (excluding diaryl/α,β-unsaturated/α-hetero) is 1. The van der Waals surface area contributed by atoms with Gasteiger partial charge in [0.15, 0.2) is 5.78 Å². The number of rotatable bonds is 3. The van der Waals surface area contributed by atoms with Crippen molar-refractivity contribution >= 4 is 16.8 Å². The molecule has 0 bridgehead atoms. The molecular formula is C17H21NO2. The van der Waals surface area contributed by atoms with Crippen LogP contribution in [0.3, 0.4) is 0 Å². The van der Waals surface area contributed by atoms with Gasteiger partial charge in [-0.05, 0) is 32.0 Å². The highest BCUT2D eigenvalue weighted by atomic mass is 16.3. The Morgan fingerprint density at radius 3 is 2.55 bits per heavy atom. The second-order valence-electron chi connectivity index (χ2n) is 5.61. The number of carbonyl (C=O) groups excluding carboxylic acids is 1. The van der Waals surface area contributed by atoms with Crippen LogP contribution < -0.4 is 0 Å². The fraction of sp³-hybridized carbons (Fsp3) is 0.471. The lowest BCUT2D eigenvalue weighted by molar-refractivity contribution is 0.0925. The zero-order valence-corrected chi connectivity index (χ0v) is 11.8. The highest BCUT2D eigenvalue weighted by Gasteiger charge is 2.17. The normalized spacial score (nSPS) is 17.8. The fourth-order valence-electron chi connectivity index (χ4n) is 2.95. The second kappa shape index (κ2) is 6.23. The smallest absolute Gasteiger partial charge is 0.180 e. The molecule has 2 aromatic rings. The van der Waals surface area contributed by atoms with E-state index in [-0.39, 0.29) is 5.78 Å². The molecule has 0 atom stereocenters. The predicted molar refractivity (Wildman–Crippen MR) is 80.1 cm³/mol. The first-order valence-corrected chi connectivity index (χ1v) is 7.56. The Balaban J connectivity index is 1.72. The largest absolute Gasteiger partial charge is 0.464 e. The average Bonchev–Trinajstić information content (AvgIpc) is 2.85. The van der Waals surface area contributed by atoms with Crippen LogP contribution in [0.1, 0.15) is 42.5 Å². The van der Waals surface area contributed by atoms with E-state index in [1.54, 1.807) is 6.26 Å². The SMILES string of the molecule is O=C(CN1CCCCCCC1)c1coc2ccccc12. The van der Waals surface area contributed by atoms with E-state index in [2.05, 4.69) is 4.90 Å².